The van der Waals surface area contributed by atoms with Crippen LogP contribution in [0.15, 0.2) is 12.1 Å². The highest BCUT2D eigenvalue weighted by Crippen LogP contribution is 2.25. The Hall–Kier alpha value is -1.49. The van der Waals surface area contributed by atoms with E-state index in [1.165, 1.54) is 4.88 Å². The average molecular weight is 248 g/mol. The van der Waals surface area contributed by atoms with Crippen molar-refractivity contribution < 1.29 is 0 Å². The second-order valence-corrected chi connectivity index (χ2v) is 5.28. The van der Waals surface area contributed by atoms with Gasteiger partial charge < -0.3 is 5.32 Å². The maximum absolute atomic E-state index is 4.47. The smallest absolute Gasteiger partial charge is 0.148 e. The number of nitrogens with zero attached hydrogens (tertiary/aromatic N) is 3. The lowest BCUT2D eigenvalue weighted by atomic mass is 10.2. The van der Waals surface area contributed by atoms with Gasteiger partial charge in [0.1, 0.15) is 17.2 Å². The maximum Gasteiger partial charge on any atom is 0.148 e. The first-order valence-electron chi connectivity index (χ1n) is 5.72. The quantitative estimate of drug-likeness (QED) is 0.903. The van der Waals surface area contributed by atoms with E-state index in [0.717, 1.165) is 35.2 Å². The molecule has 0 bridgehead atoms. The molecule has 2 aromatic heterocycles. The van der Waals surface area contributed by atoms with Gasteiger partial charge in [0.25, 0.3) is 0 Å². The molecule has 0 fully saturated rings. The molecule has 0 aromatic carbocycles. The van der Waals surface area contributed by atoms with Gasteiger partial charge in [0.05, 0.1) is 5.01 Å². The molecule has 0 saturated heterocycles. The SMILES string of the molecule is CCCNc1ccc(-c2nc(C)sc2C)nn1. The third-order valence-corrected chi connectivity index (χ3v) is 3.25. The van der Waals surface area contributed by atoms with Gasteiger partial charge in [0.15, 0.2) is 0 Å². The second-order valence-electron chi connectivity index (χ2n) is 3.87. The highest BCUT2D eigenvalue weighted by atomic mass is 32.1. The van der Waals surface area contributed by atoms with Gasteiger partial charge in [-0.25, -0.2) is 4.98 Å². The minimum Gasteiger partial charge on any atom is -0.369 e. The van der Waals surface area contributed by atoms with Crippen molar-refractivity contribution in [1.29, 1.82) is 0 Å². The number of aromatic nitrogens is 3. The van der Waals surface area contributed by atoms with Crippen molar-refractivity contribution >= 4 is 17.2 Å². The van der Waals surface area contributed by atoms with E-state index in [9.17, 15) is 0 Å². The minimum absolute atomic E-state index is 0.820. The Morgan fingerprint density at radius 1 is 1.24 bits per heavy atom. The molecule has 2 rings (SSSR count). The van der Waals surface area contributed by atoms with Crippen LogP contribution in [0.1, 0.15) is 23.2 Å². The predicted molar refractivity (Wildman–Crippen MR) is 71.4 cm³/mol. The number of hydrogen-bond donors (Lipinski definition) is 1. The minimum atomic E-state index is 0.820. The van der Waals surface area contributed by atoms with Crippen LogP contribution in [0.25, 0.3) is 11.4 Å². The van der Waals surface area contributed by atoms with Gasteiger partial charge in [-0.3, -0.25) is 0 Å². The molecule has 0 saturated carbocycles. The van der Waals surface area contributed by atoms with Crippen molar-refractivity contribution in [3.05, 3.63) is 22.0 Å². The summed E-state index contributed by atoms with van der Waals surface area (Å²) in [6.45, 7) is 7.11. The largest absolute Gasteiger partial charge is 0.369 e. The van der Waals surface area contributed by atoms with Gasteiger partial charge in [-0.05, 0) is 32.4 Å². The van der Waals surface area contributed by atoms with Crippen molar-refractivity contribution in [2.75, 3.05) is 11.9 Å². The average Bonchev–Trinajstić information content (AvgIpc) is 2.66. The Kier molecular flexibility index (Phi) is 3.68. The van der Waals surface area contributed by atoms with Crippen molar-refractivity contribution in [1.82, 2.24) is 15.2 Å². The third kappa shape index (κ3) is 2.79. The van der Waals surface area contributed by atoms with Gasteiger partial charge in [0.2, 0.25) is 0 Å². The normalized spacial score (nSPS) is 10.5. The zero-order chi connectivity index (χ0) is 12.3. The Balaban J connectivity index is 2.20. The summed E-state index contributed by atoms with van der Waals surface area (Å²) < 4.78 is 0. The van der Waals surface area contributed by atoms with E-state index in [1.807, 2.05) is 19.1 Å². The predicted octanol–water partition coefficient (Wildman–Crippen LogP) is 3.04. The van der Waals surface area contributed by atoms with Gasteiger partial charge in [-0.2, -0.15) is 0 Å². The van der Waals surface area contributed by atoms with Gasteiger partial charge >= 0.3 is 0 Å². The Bertz CT molecular complexity index is 490. The summed E-state index contributed by atoms with van der Waals surface area (Å²) in [6.07, 6.45) is 1.08. The summed E-state index contributed by atoms with van der Waals surface area (Å²) >= 11 is 1.69. The second kappa shape index (κ2) is 5.23. The van der Waals surface area contributed by atoms with Crippen LogP contribution in [0.2, 0.25) is 0 Å². The summed E-state index contributed by atoms with van der Waals surface area (Å²) in [7, 11) is 0. The zero-order valence-electron chi connectivity index (χ0n) is 10.3. The fourth-order valence-corrected chi connectivity index (χ4v) is 2.40. The molecule has 0 spiro atoms. The highest BCUT2D eigenvalue weighted by Gasteiger charge is 2.09. The van der Waals surface area contributed by atoms with Gasteiger partial charge in [0, 0.05) is 11.4 Å². The lowest BCUT2D eigenvalue weighted by Gasteiger charge is -2.03. The Morgan fingerprint density at radius 3 is 2.59 bits per heavy atom. The van der Waals surface area contributed by atoms with E-state index < -0.39 is 0 Å². The van der Waals surface area contributed by atoms with Crippen molar-refractivity contribution in [2.45, 2.75) is 27.2 Å². The van der Waals surface area contributed by atoms with Crippen molar-refractivity contribution in [2.24, 2.45) is 0 Å². The number of aryl methyl sites for hydroxylation is 2. The molecule has 0 radical (unpaired) electrons. The van der Waals surface area contributed by atoms with E-state index in [2.05, 4.69) is 34.3 Å². The lowest BCUT2D eigenvalue weighted by molar-refractivity contribution is 0.944. The lowest BCUT2D eigenvalue weighted by Crippen LogP contribution is -2.03. The Morgan fingerprint density at radius 2 is 2.06 bits per heavy atom. The number of hydrogen-bond acceptors (Lipinski definition) is 5. The van der Waals surface area contributed by atoms with E-state index in [1.54, 1.807) is 11.3 Å². The van der Waals surface area contributed by atoms with Crippen LogP contribution < -0.4 is 5.32 Å². The van der Waals surface area contributed by atoms with Crippen LogP contribution in [-0.4, -0.2) is 21.7 Å². The molecule has 0 aliphatic rings. The third-order valence-electron chi connectivity index (χ3n) is 2.37. The number of nitrogens with one attached hydrogen (secondary N) is 1. The van der Waals surface area contributed by atoms with Crippen LogP contribution in [0.4, 0.5) is 5.82 Å². The van der Waals surface area contributed by atoms with E-state index in [4.69, 9.17) is 0 Å². The molecule has 0 aliphatic carbocycles. The van der Waals surface area contributed by atoms with Crippen molar-refractivity contribution in [3.63, 3.8) is 0 Å². The summed E-state index contributed by atoms with van der Waals surface area (Å²) in [6, 6.07) is 3.92. The summed E-state index contributed by atoms with van der Waals surface area (Å²) in [5.74, 6) is 0.820. The van der Waals surface area contributed by atoms with Gasteiger partial charge in [-0.15, -0.1) is 21.5 Å². The molecule has 0 amide bonds. The zero-order valence-corrected chi connectivity index (χ0v) is 11.1. The van der Waals surface area contributed by atoms with Crippen LogP contribution in [0.5, 0.6) is 0 Å². The molecular weight excluding hydrogens is 232 g/mol. The molecule has 5 heteroatoms. The first-order chi connectivity index (χ1) is 8.20. The molecule has 2 heterocycles. The summed E-state index contributed by atoms with van der Waals surface area (Å²) in [5, 5.41) is 12.6. The van der Waals surface area contributed by atoms with Crippen molar-refractivity contribution in [3.8, 4) is 11.4 Å². The van der Waals surface area contributed by atoms with Gasteiger partial charge in [-0.1, -0.05) is 6.92 Å². The summed E-state index contributed by atoms with van der Waals surface area (Å²) in [4.78, 5) is 5.65. The molecule has 17 heavy (non-hydrogen) atoms. The fourth-order valence-electron chi connectivity index (χ4n) is 1.57. The van der Waals surface area contributed by atoms with E-state index in [-0.39, 0.29) is 0 Å². The molecule has 1 N–H and O–H groups in total. The number of anilines is 1. The van der Waals surface area contributed by atoms with E-state index in [0.29, 0.717) is 0 Å². The van der Waals surface area contributed by atoms with Crippen LogP contribution in [0, 0.1) is 13.8 Å². The monoisotopic (exact) mass is 248 g/mol. The van der Waals surface area contributed by atoms with Crippen LogP contribution in [-0.2, 0) is 0 Å². The Labute approximate surface area is 105 Å². The summed E-state index contributed by atoms with van der Waals surface area (Å²) in [5.41, 5.74) is 1.79. The number of thiazole rings is 1. The number of rotatable bonds is 4. The molecule has 90 valence electrons. The maximum atomic E-state index is 4.47. The molecule has 0 unspecified atom stereocenters. The molecular formula is C12H16N4S. The first-order valence-corrected chi connectivity index (χ1v) is 6.54. The van der Waals surface area contributed by atoms with Crippen LogP contribution in [0.3, 0.4) is 0 Å². The highest BCUT2D eigenvalue weighted by molar-refractivity contribution is 7.11. The first kappa shape index (κ1) is 12.0. The molecule has 2 aromatic rings. The molecule has 0 atom stereocenters. The molecule has 0 aliphatic heterocycles. The standard InChI is InChI=1S/C12H16N4S/c1-4-7-13-11-6-5-10(15-16-11)12-8(2)17-9(3)14-12/h5-6H,4,7H2,1-3H3,(H,13,16). The topological polar surface area (TPSA) is 50.7 Å². The molecule has 4 nitrogen and oxygen atoms in total. The fraction of sp³-hybridized carbons (Fsp3) is 0.417. The van der Waals surface area contributed by atoms with Crippen LogP contribution >= 0.6 is 11.3 Å². The van der Waals surface area contributed by atoms with E-state index >= 15 is 0 Å².